The van der Waals surface area contributed by atoms with Gasteiger partial charge in [0, 0.05) is 23.4 Å². The van der Waals surface area contributed by atoms with E-state index in [1.807, 2.05) is 24.3 Å². The molecular weight excluding hydrogens is 262 g/mol. The highest BCUT2D eigenvalue weighted by Gasteiger charge is 2.27. The van der Waals surface area contributed by atoms with Gasteiger partial charge in [-0.1, -0.05) is 28.9 Å². The molecule has 1 aliphatic rings. The molecule has 0 saturated heterocycles. The summed E-state index contributed by atoms with van der Waals surface area (Å²) in [5.41, 5.74) is 7.03. The number of hydrogen-bond donors (Lipinski definition) is 1. The minimum Gasteiger partial charge on any atom is -0.339 e. The lowest BCUT2D eigenvalue weighted by atomic mass is 10.1. The molecule has 4 nitrogen and oxygen atoms in total. The number of hydrogen-bond acceptors (Lipinski definition) is 4. The van der Waals surface area contributed by atoms with E-state index >= 15 is 0 Å². The van der Waals surface area contributed by atoms with Gasteiger partial charge in [0.25, 0.3) is 0 Å². The van der Waals surface area contributed by atoms with Crippen LogP contribution in [-0.4, -0.2) is 16.2 Å². The zero-order chi connectivity index (χ0) is 13.2. The van der Waals surface area contributed by atoms with Crippen LogP contribution < -0.4 is 5.73 Å². The first-order valence-corrected chi connectivity index (χ1v) is 6.91. The highest BCUT2D eigenvalue weighted by Crippen LogP contribution is 2.32. The Morgan fingerprint density at radius 2 is 2.05 bits per heavy atom. The number of aromatic nitrogens is 2. The Balaban J connectivity index is 1.69. The van der Waals surface area contributed by atoms with E-state index < -0.39 is 0 Å². The summed E-state index contributed by atoms with van der Waals surface area (Å²) in [6.45, 7) is 0. The molecule has 19 heavy (non-hydrogen) atoms. The topological polar surface area (TPSA) is 64.9 Å². The normalized spacial score (nSPS) is 22.8. The third kappa shape index (κ3) is 2.96. The fraction of sp³-hybridized carbons (Fsp3) is 0.429. The van der Waals surface area contributed by atoms with Crippen LogP contribution in [0.5, 0.6) is 0 Å². The molecule has 2 aromatic rings. The second kappa shape index (κ2) is 5.31. The smallest absolute Gasteiger partial charge is 0.229 e. The number of benzene rings is 1. The van der Waals surface area contributed by atoms with E-state index in [0.717, 1.165) is 41.6 Å². The molecule has 1 aromatic carbocycles. The zero-order valence-corrected chi connectivity index (χ0v) is 11.3. The van der Waals surface area contributed by atoms with Crippen molar-refractivity contribution in [2.75, 3.05) is 0 Å². The van der Waals surface area contributed by atoms with Crippen LogP contribution in [0.25, 0.3) is 0 Å². The molecular formula is C14H16ClN3O. The Morgan fingerprint density at radius 1 is 1.26 bits per heavy atom. The second-order valence-electron chi connectivity index (χ2n) is 5.12. The molecule has 1 aromatic heterocycles. The maximum absolute atomic E-state index is 5.90. The van der Waals surface area contributed by atoms with Gasteiger partial charge < -0.3 is 10.3 Å². The molecule has 1 saturated carbocycles. The van der Waals surface area contributed by atoms with Crippen molar-refractivity contribution in [3.05, 3.63) is 46.6 Å². The summed E-state index contributed by atoms with van der Waals surface area (Å²) in [7, 11) is 0. The van der Waals surface area contributed by atoms with Crippen LogP contribution in [0.15, 0.2) is 28.8 Å². The molecule has 0 bridgehead atoms. The first-order chi connectivity index (χ1) is 9.20. The van der Waals surface area contributed by atoms with Gasteiger partial charge in [0.2, 0.25) is 5.89 Å². The van der Waals surface area contributed by atoms with Gasteiger partial charge in [-0.05, 0) is 37.0 Å². The summed E-state index contributed by atoms with van der Waals surface area (Å²) >= 11 is 5.86. The quantitative estimate of drug-likeness (QED) is 0.937. The van der Waals surface area contributed by atoms with Crippen molar-refractivity contribution in [1.82, 2.24) is 10.1 Å². The zero-order valence-electron chi connectivity index (χ0n) is 10.6. The third-order valence-corrected chi connectivity index (χ3v) is 3.83. The number of nitrogens with two attached hydrogens (primary N) is 1. The Morgan fingerprint density at radius 3 is 2.74 bits per heavy atom. The summed E-state index contributed by atoms with van der Waals surface area (Å²) in [5.74, 6) is 1.79. The molecule has 3 rings (SSSR count). The molecule has 1 heterocycles. The number of nitrogens with zero attached hydrogens (tertiary/aromatic N) is 2. The first-order valence-electron chi connectivity index (χ1n) is 6.53. The maximum Gasteiger partial charge on any atom is 0.229 e. The lowest BCUT2D eigenvalue weighted by molar-refractivity contribution is 0.350. The van der Waals surface area contributed by atoms with E-state index in [-0.39, 0.29) is 6.04 Å². The minimum absolute atomic E-state index is 0.275. The maximum atomic E-state index is 5.90. The van der Waals surface area contributed by atoms with Gasteiger partial charge >= 0.3 is 0 Å². The van der Waals surface area contributed by atoms with E-state index in [0.29, 0.717) is 12.3 Å². The Bertz CT molecular complexity index is 552. The lowest BCUT2D eigenvalue weighted by Crippen LogP contribution is -2.14. The molecule has 5 heteroatoms. The summed E-state index contributed by atoms with van der Waals surface area (Å²) in [5, 5.41) is 4.78. The van der Waals surface area contributed by atoms with Crippen molar-refractivity contribution >= 4 is 11.6 Å². The van der Waals surface area contributed by atoms with Crippen LogP contribution in [0.4, 0.5) is 0 Å². The average Bonchev–Trinajstić information content (AvgIpc) is 3.01. The van der Waals surface area contributed by atoms with Crippen molar-refractivity contribution in [3.63, 3.8) is 0 Å². The Hall–Kier alpha value is -1.39. The summed E-state index contributed by atoms with van der Waals surface area (Å²) in [6, 6.07) is 7.96. The molecule has 0 radical (unpaired) electrons. The van der Waals surface area contributed by atoms with Crippen LogP contribution in [0.3, 0.4) is 0 Å². The minimum atomic E-state index is 0.275. The highest BCUT2D eigenvalue weighted by atomic mass is 35.5. The molecule has 1 fully saturated rings. The molecule has 0 amide bonds. The molecule has 0 spiro atoms. The molecule has 0 aliphatic heterocycles. The van der Waals surface area contributed by atoms with Gasteiger partial charge in [0.05, 0.1) is 0 Å². The van der Waals surface area contributed by atoms with Crippen LogP contribution >= 0.6 is 11.6 Å². The summed E-state index contributed by atoms with van der Waals surface area (Å²) < 4.78 is 5.35. The molecule has 1 aliphatic carbocycles. The monoisotopic (exact) mass is 277 g/mol. The fourth-order valence-electron chi connectivity index (χ4n) is 2.53. The van der Waals surface area contributed by atoms with E-state index in [1.165, 1.54) is 0 Å². The predicted molar refractivity (Wildman–Crippen MR) is 73.1 cm³/mol. The largest absolute Gasteiger partial charge is 0.339 e. The second-order valence-corrected chi connectivity index (χ2v) is 5.56. The number of rotatable bonds is 3. The number of halogens is 1. The Kier molecular flexibility index (Phi) is 3.53. The van der Waals surface area contributed by atoms with E-state index in [2.05, 4.69) is 10.1 Å². The standard InChI is InChI=1S/C14H16ClN3O/c15-11-4-1-9(2-5-11)7-13-17-14(19-18-13)10-3-6-12(16)8-10/h1-2,4-5,10,12H,3,6-8,16H2. The third-order valence-electron chi connectivity index (χ3n) is 3.58. The van der Waals surface area contributed by atoms with E-state index in [4.69, 9.17) is 21.9 Å². The Labute approximate surface area is 117 Å². The molecule has 100 valence electrons. The van der Waals surface area contributed by atoms with Gasteiger partial charge in [-0.25, -0.2) is 0 Å². The van der Waals surface area contributed by atoms with Crippen LogP contribution in [0.1, 0.15) is 42.5 Å². The fourth-order valence-corrected chi connectivity index (χ4v) is 2.66. The van der Waals surface area contributed by atoms with Gasteiger partial charge in [-0.15, -0.1) is 0 Å². The van der Waals surface area contributed by atoms with Crippen molar-refractivity contribution in [2.45, 2.75) is 37.6 Å². The van der Waals surface area contributed by atoms with E-state index in [9.17, 15) is 0 Å². The average molecular weight is 278 g/mol. The van der Waals surface area contributed by atoms with Crippen molar-refractivity contribution < 1.29 is 4.52 Å². The van der Waals surface area contributed by atoms with Gasteiger partial charge in [0.1, 0.15) is 0 Å². The highest BCUT2D eigenvalue weighted by molar-refractivity contribution is 6.30. The SMILES string of the molecule is NC1CCC(c2nc(Cc3ccc(Cl)cc3)no2)C1. The molecule has 2 unspecified atom stereocenters. The van der Waals surface area contributed by atoms with Crippen LogP contribution in [0.2, 0.25) is 5.02 Å². The van der Waals surface area contributed by atoms with Gasteiger partial charge in [0.15, 0.2) is 5.82 Å². The predicted octanol–water partition coefficient (Wildman–Crippen LogP) is 2.91. The van der Waals surface area contributed by atoms with Crippen molar-refractivity contribution in [1.29, 1.82) is 0 Å². The molecule has 2 N–H and O–H groups in total. The lowest BCUT2D eigenvalue weighted by Gasteiger charge is -2.01. The summed E-state index contributed by atoms with van der Waals surface area (Å²) in [4.78, 5) is 4.48. The van der Waals surface area contributed by atoms with Crippen LogP contribution in [0, 0.1) is 0 Å². The van der Waals surface area contributed by atoms with Gasteiger partial charge in [-0.3, -0.25) is 0 Å². The first kappa shape index (κ1) is 12.6. The van der Waals surface area contributed by atoms with Crippen molar-refractivity contribution in [3.8, 4) is 0 Å². The summed E-state index contributed by atoms with van der Waals surface area (Å²) in [6.07, 6.45) is 3.70. The van der Waals surface area contributed by atoms with Gasteiger partial charge in [-0.2, -0.15) is 4.98 Å². The van der Waals surface area contributed by atoms with Crippen LogP contribution in [-0.2, 0) is 6.42 Å². The van der Waals surface area contributed by atoms with E-state index in [1.54, 1.807) is 0 Å². The molecule has 2 atom stereocenters. The van der Waals surface area contributed by atoms with Crippen molar-refractivity contribution in [2.24, 2.45) is 5.73 Å².